The Morgan fingerprint density at radius 3 is 2.67 bits per heavy atom. The summed E-state index contributed by atoms with van der Waals surface area (Å²) in [7, 11) is 0. The van der Waals surface area contributed by atoms with Gasteiger partial charge in [-0.05, 0) is 60.4 Å². The normalized spacial score (nSPS) is 21.0. The molecular weight excluding hydrogens is 534 g/mol. The number of anilines is 1. The number of rotatable bonds is 7. The molecule has 1 aliphatic carbocycles. The minimum Gasteiger partial charge on any atom is -0.465 e. The van der Waals surface area contributed by atoms with Crippen LogP contribution >= 0.6 is 0 Å². The van der Waals surface area contributed by atoms with Gasteiger partial charge >= 0.3 is 6.09 Å². The quantitative estimate of drug-likeness (QED) is 0.387. The molecule has 0 bridgehead atoms. The monoisotopic (exact) mass is 567 g/mol. The summed E-state index contributed by atoms with van der Waals surface area (Å²) in [5, 5.41) is 11.1. The van der Waals surface area contributed by atoms with E-state index in [0.717, 1.165) is 35.1 Å². The van der Waals surface area contributed by atoms with Crippen molar-refractivity contribution in [2.75, 3.05) is 5.32 Å². The minimum atomic E-state index is -1.25. The van der Waals surface area contributed by atoms with Crippen LogP contribution in [-0.2, 0) is 29.8 Å². The Bertz CT molecular complexity index is 1610. The van der Waals surface area contributed by atoms with E-state index in [-0.39, 0.29) is 36.3 Å². The number of hydrogen-bond donors (Lipinski definition) is 3. The lowest BCUT2D eigenvalue weighted by atomic mass is 9.83. The number of nitrogens with one attached hydrogen (secondary N) is 1. The van der Waals surface area contributed by atoms with Crippen LogP contribution in [0.2, 0.25) is 0 Å². The molecule has 2 aliphatic heterocycles. The average molecular weight is 568 g/mol. The molecule has 3 aliphatic rings. The second-order valence-electron chi connectivity index (χ2n) is 11.5. The molecule has 0 unspecified atom stereocenters. The van der Waals surface area contributed by atoms with Gasteiger partial charge in [0.1, 0.15) is 0 Å². The number of aromatic nitrogens is 2. The predicted molar refractivity (Wildman–Crippen MR) is 155 cm³/mol. The van der Waals surface area contributed by atoms with Gasteiger partial charge in [0.05, 0.1) is 18.3 Å². The third-order valence-corrected chi connectivity index (χ3v) is 8.37. The number of nitrogens with two attached hydrogens (primary N) is 1. The summed E-state index contributed by atoms with van der Waals surface area (Å²) in [6, 6.07) is 15.0. The van der Waals surface area contributed by atoms with Gasteiger partial charge < -0.3 is 15.7 Å². The van der Waals surface area contributed by atoms with Crippen LogP contribution in [0.25, 0.3) is 0 Å². The SMILES string of the molecule is CC(C)CC[C@]1(c2ccccc2)N=C(N)N([C@@H]2CCc3ccc(C(=O)N4Cc5cnc(NC(=O)O)nc5C4)cc32)C1=O. The number of carbonyl (C=O) groups is 3. The first-order chi connectivity index (χ1) is 20.2. The summed E-state index contributed by atoms with van der Waals surface area (Å²) < 4.78 is 0. The molecule has 4 N–H and O–H groups in total. The van der Waals surface area contributed by atoms with Gasteiger partial charge in [0.25, 0.3) is 11.8 Å². The van der Waals surface area contributed by atoms with E-state index in [9.17, 15) is 14.4 Å². The van der Waals surface area contributed by atoms with Crippen molar-refractivity contribution >= 4 is 29.8 Å². The first-order valence-corrected chi connectivity index (χ1v) is 14.2. The Labute approximate surface area is 243 Å². The number of fused-ring (bicyclic) bond motifs is 2. The van der Waals surface area contributed by atoms with Crippen molar-refractivity contribution in [1.29, 1.82) is 0 Å². The minimum absolute atomic E-state index is 0.0228. The molecule has 3 heterocycles. The molecule has 0 spiro atoms. The summed E-state index contributed by atoms with van der Waals surface area (Å²) >= 11 is 0. The van der Waals surface area contributed by atoms with Gasteiger partial charge in [-0.2, -0.15) is 0 Å². The highest BCUT2D eigenvalue weighted by atomic mass is 16.4. The van der Waals surface area contributed by atoms with Crippen LogP contribution in [0.5, 0.6) is 0 Å². The van der Waals surface area contributed by atoms with E-state index in [1.54, 1.807) is 16.0 Å². The van der Waals surface area contributed by atoms with E-state index >= 15 is 0 Å². The van der Waals surface area contributed by atoms with Crippen LogP contribution in [0.1, 0.15) is 77.5 Å². The highest BCUT2D eigenvalue weighted by molar-refractivity contribution is 6.07. The number of amides is 3. The van der Waals surface area contributed by atoms with Crippen molar-refractivity contribution in [2.45, 2.75) is 64.2 Å². The van der Waals surface area contributed by atoms with Crippen molar-refractivity contribution in [3.8, 4) is 0 Å². The number of guanidine groups is 1. The lowest BCUT2D eigenvalue weighted by molar-refractivity contribution is -0.133. The Morgan fingerprint density at radius 1 is 1.14 bits per heavy atom. The highest BCUT2D eigenvalue weighted by Crippen LogP contribution is 2.45. The van der Waals surface area contributed by atoms with Crippen molar-refractivity contribution in [1.82, 2.24) is 19.8 Å². The van der Waals surface area contributed by atoms with Gasteiger partial charge in [0.2, 0.25) is 5.95 Å². The van der Waals surface area contributed by atoms with E-state index in [2.05, 4.69) is 29.1 Å². The summed E-state index contributed by atoms with van der Waals surface area (Å²) in [6.07, 6.45) is 3.12. The third kappa shape index (κ3) is 4.74. The topological polar surface area (TPSA) is 154 Å². The van der Waals surface area contributed by atoms with E-state index in [4.69, 9.17) is 15.8 Å². The molecule has 11 nitrogen and oxygen atoms in total. The molecule has 1 aromatic heterocycles. The van der Waals surface area contributed by atoms with E-state index in [0.29, 0.717) is 36.6 Å². The molecule has 6 rings (SSSR count). The Hall–Kier alpha value is -4.80. The fraction of sp³-hybridized carbons (Fsp3) is 0.355. The van der Waals surface area contributed by atoms with E-state index in [1.165, 1.54) is 0 Å². The van der Waals surface area contributed by atoms with Crippen molar-refractivity contribution in [3.05, 3.63) is 88.2 Å². The lowest BCUT2D eigenvalue weighted by Crippen LogP contribution is -2.44. The van der Waals surface area contributed by atoms with Crippen molar-refractivity contribution in [3.63, 3.8) is 0 Å². The molecule has 0 radical (unpaired) electrons. The van der Waals surface area contributed by atoms with Crippen LogP contribution in [0, 0.1) is 5.92 Å². The number of aliphatic imine (C=N–C) groups is 1. The van der Waals surface area contributed by atoms with Crippen LogP contribution in [0.15, 0.2) is 59.7 Å². The molecule has 0 saturated carbocycles. The van der Waals surface area contributed by atoms with Crippen molar-refractivity contribution in [2.24, 2.45) is 16.6 Å². The summed E-state index contributed by atoms with van der Waals surface area (Å²) in [6.45, 7) is 4.82. The van der Waals surface area contributed by atoms with Gasteiger partial charge in [-0.15, -0.1) is 0 Å². The second kappa shape index (κ2) is 10.6. The zero-order valence-corrected chi connectivity index (χ0v) is 23.6. The zero-order valence-electron chi connectivity index (χ0n) is 23.6. The smallest absolute Gasteiger partial charge is 0.411 e. The number of hydrogen-bond acceptors (Lipinski definition) is 7. The molecule has 3 amide bonds. The van der Waals surface area contributed by atoms with E-state index < -0.39 is 11.6 Å². The maximum atomic E-state index is 14.3. The molecule has 2 atom stereocenters. The summed E-state index contributed by atoms with van der Waals surface area (Å²) in [5.41, 5.74) is 10.2. The first-order valence-electron chi connectivity index (χ1n) is 14.2. The molecule has 0 fully saturated rings. The summed E-state index contributed by atoms with van der Waals surface area (Å²) in [4.78, 5) is 55.3. The first kappa shape index (κ1) is 27.4. The van der Waals surface area contributed by atoms with Crippen LogP contribution in [0.4, 0.5) is 10.7 Å². The van der Waals surface area contributed by atoms with Crippen molar-refractivity contribution < 1.29 is 19.5 Å². The number of aryl methyl sites for hydroxylation is 1. The Morgan fingerprint density at radius 2 is 1.93 bits per heavy atom. The van der Waals surface area contributed by atoms with Gasteiger partial charge in [0.15, 0.2) is 11.5 Å². The average Bonchev–Trinajstić information content (AvgIpc) is 3.65. The fourth-order valence-electron chi connectivity index (χ4n) is 6.23. The molecule has 2 aromatic carbocycles. The van der Waals surface area contributed by atoms with Gasteiger partial charge in [0, 0.05) is 23.9 Å². The molecule has 216 valence electrons. The third-order valence-electron chi connectivity index (χ3n) is 8.37. The number of carboxylic acid groups (broad SMARTS) is 1. The predicted octanol–water partition coefficient (Wildman–Crippen LogP) is 4.20. The largest absolute Gasteiger partial charge is 0.465 e. The Kier molecular flexibility index (Phi) is 6.88. The molecule has 42 heavy (non-hydrogen) atoms. The number of carbonyl (C=O) groups excluding carboxylic acids is 2. The number of benzene rings is 2. The molecule has 0 saturated heterocycles. The maximum Gasteiger partial charge on any atom is 0.411 e. The molecular formula is C31H33N7O4. The standard InChI is InChI=1S/C31H33N7O4/c1-18(2)12-13-31(22-6-4-3-5-7-22)27(40)38(28(32)36-31)25-11-10-19-8-9-20(14-23(19)25)26(39)37-16-21-15-33-29(35-30(41)42)34-24(21)17-37/h3-9,14-15,18,25H,10-13,16-17H2,1-2H3,(H2,32,36)(H,41,42)(H,33,34,35)/t25-,31-/m1/s1. The van der Waals surface area contributed by atoms with Crippen LogP contribution in [0.3, 0.4) is 0 Å². The van der Waals surface area contributed by atoms with Gasteiger partial charge in [-0.25, -0.2) is 19.8 Å². The zero-order chi connectivity index (χ0) is 29.6. The fourth-order valence-corrected chi connectivity index (χ4v) is 6.23. The maximum absolute atomic E-state index is 14.3. The number of nitrogens with zero attached hydrogens (tertiary/aromatic N) is 5. The highest BCUT2D eigenvalue weighted by Gasteiger charge is 2.51. The summed E-state index contributed by atoms with van der Waals surface area (Å²) in [5.74, 6) is 0.277. The Balaban J connectivity index is 1.26. The van der Waals surface area contributed by atoms with Crippen LogP contribution in [-0.4, -0.2) is 48.7 Å². The van der Waals surface area contributed by atoms with Gasteiger partial charge in [-0.3, -0.25) is 19.8 Å². The lowest BCUT2D eigenvalue weighted by Gasteiger charge is -2.30. The second-order valence-corrected chi connectivity index (χ2v) is 11.5. The molecule has 3 aromatic rings. The van der Waals surface area contributed by atoms with Crippen LogP contribution < -0.4 is 11.1 Å². The molecule has 11 heteroatoms. The van der Waals surface area contributed by atoms with E-state index in [1.807, 2.05) is 48.5 Å². The van der Waals surface area contributed by atoms with Gasteiger partial charge in [-0.1, -0.05) is 50.2 Å².